The average Bonchev–Trinajstić information content (AvgIpc) is 2.51. The molecule has 3 N–H and O–H groups in total. The van der Waals surface area contributed by atoms with Gasteiger partial charge in [-0.15, -0.1) is 0 Å². The summed E-state index contributed by atoms with van der Waals surface area (Å²) in [4.78, 5) is 4.25. The van der Waals surface area contributed by atoms with E-state index in [1.165, 1.54) is 0 Å². The van der Waals surface area contributed by atoms with Gasteiger partial charge >= 0.3 is 0 Å². The van der Waals surface area contributed by atoms with Gasteiger partial charge in [0, 0.05) is 38.1 Å². The monoisotopic (exact) mass is 308 g/mol. The van der Waals surface area contributed by atoms with E-state index in [0.717, 1.165) is 31.6 Å². The van der Waals surface area contributed by atoms with Crippen molar-refractivity contribution in [3.8, 4) is 5.88 Å². The molecule has 0 bridgehead atoms. The summed E-state index contributed by atoms with van der Waals surface area (Å²) in [6, 6.07) is 3.67. The van der Waals surface area contributed by atoms with E-state index in [1.54, 1.807) is 13.3 Å². The lowest BCUT2D eigenvalue weighted by atomic mass is 9.86. The molecule has 0 aliphatic heterocycles. The van der Waals surface area contributed by atoms with Gasteiger partial charge in [-0.05, 0) is 31.2 Å². The summed E-state index contributed by atoms with van der Waals surface area (Å²) < 4.78 is 10.8. The van der Waals surface area contributed by atoms with Crippen LogP contribution < -0.4 is 15.9 Å². The molecular formula is C16H28N4O2. The van der Waals surface area contributed by atoms with Gasteiger partial charge in [0.05, 0.1) is 6.61 Å². The van der Waals surface area contributed by atoms with Crippen LogP contribution in [0.1, 0.15) is 39.2 Å². The normalized spacial score (nSPS) is 12.3. The van der Waals surface area contributed by atoms with Crippen LogP contribution in [0, 0.1) is 5.41 Å². The molecule has 6 nitrogen and oxygen atoms in total. The topological polar surface area (TPSA) is 81.8 Å². The van der Waals surface area contributed by atoms with Crippen LogP contribution in [0.4, 0.5) is 0 Å². The fourth-order valence-electron chi connectivity index (χ4n) is 1.78. The third-order valence-electron chi connectivity index (χ3n) is 3.40. The molecule has 0 radical (unpaired) electrons. The summed E-state index contributed by atoms with van der Waals surface area (Å²) >= 11 is 0. The molecule has 0 spiro atoms. The Morgan fingerprint density at radius 2 is 2.05 bits per heavy atom. The maximum atomic E-state index is 5.83. The zero-order valence-corrected chi connectivity index (χ0v) is 14.1. The van der Waals surface area contributed by atoms with E-state index in [4.69, 9.17) is 15.2 Å². The largest absolute Gasteiger partial charge is 0.478 e. The smallest absolute Gasteiger partial charge is 0.213 e. The van der Waals surface area contributed by atoms with Crippen molar-refractivity contribution in [2.24, 2.45) is 16.3 Å². The Labute approximate surface area is 133 Å². The Kier molecular flexibility index (Phi) is 7.66. The van der Waals surface area contributed by atoms with Crippen LogP contribution in [0.3, 0.4) is 0 Å². The Bertz CT molecular complexity index is 458. The van der Waals surface area contributed by atoms with Crippen molar-refractivity contribution < 1.29 is 9.47 Å². The van der Waals surface area contributed by atoms with Crippen LogP contribution in [-0.2, 0) is 4.74 Å². The van der Waals surface area contributed by atoms with Crippen LogP contribution in [0.5, 0.6) is 5.88 Å². The van der Waals surface area contributed by atoms with Crippen molar-refractivity contribution in [1.29, 1.82) is 0 Å². The molecule has 1 heterocycles. The summed E-state index contributed by atoms with van der Waals surface area (Å²) in [5.41, 5.74) is 9.62. The zero-order valence-electron chi connectivity index (χ0n) is 14.1. The molecule has 0 saturated carbocycles. The van der Waals surface area contributed by atoms with Gasteiger partial charge in [-0.3, -0.25) is 0 Å². The number of aromatic nitrogens is 1. The molecule has 1 rings (SSSR count). The highest BCUT2D eigenvalue weighted by atomic mass is 16.5. The Hall–Kier alpha value is -1.82. The summed E-state index contributed by atoms with van der Waals surface area (Å²) in [5, 5.41) is 4.02. The maximum absolute atomic E-state index is 5.83. The van der Waals surface area contributed by atoms with Gasteiger partial charge in [-0.25, -0.2) is 4.98 Å². The summed E-state index contributed by atoms with van der Waals surface area (Å²) in [7, 11) is 1.73. The van der Waals surface area contributed by atoms with Crippen molar-refractivity contribution in [3.63, 3.8) is 0 Å². The molecule has 0 aliphatic rings. The highest BCUT2D eigenvalue weighted by molar-refractivity contribution is 5.96. The number of hydrogen-bond donors (Lipinski definition) is 2. The lowest BCUT2D eigenvalue weighted by Gasteiger charge is -2.23. The van der Waals surface area contributed by atoms with E-state index in [1.807, 2.05) is 19.1 Å². The number of rotatable bonds is 10. The van der Waals surface area contributed by atoms with Crippen LogP contribution in [-0.4, -0.2) is 37.7 Å². The van der Waals surface area contributed by atoms with Crippen LogP contribution in [0.15, 0.2) is 23.4 Å². The van der Waals surface area contributed by atoms with Gasteiger partial charge in [0.1, 0.15) is 0 Å². The number of amidine groups is 1. The number of methoxy groups -OCH3 is 1. The standard InChI is InChI=1S/C16H28N4O2/c1-5-19-20-15(17)13-6-7-14(18-12-13)22-11-9-16(2,3)8-10-21-4/h6-7,12,19H,5,8-11H2,1-4H3,(H2,17,20). The predicted octanol–water partition coefficient (Wildman–Crippen LogP) is 2.14. The van der Waals surface area contributed by atoms with Crippen molar-refractivity contribution >= 4 is 5.84 Å². The van der Waals surface area contributed by atoms with Crippen LogP contribution >= 0.6 is 0 Å². The first-order valence-electron chi connectivity index (χ1n) is 7.62. The van der Waals surface area contributed by atoms with E-state index >= 15 is 0 Å². The zero-order chi connectivity index (χ0) is 16.4. The minimum absolute atomic E-state index is 0.193. The average molecular weight is 308 g/mol. The SMILES string of the molecule is CCN/N=C(\N)c1ccc(OCCC(C)(C)CCOC)nc1. The Morgan fingerprint density at radius 3 is 2.64 bits per heavy atom. The second-order valence-electron chi connectivity index (χ2n) is 5.90. The van der Waals surface area contributed by atoms with E-state index in [9.17, 15) is 0 Å². The molecule has 0 fully saturated rings. The molecule has 0 aromatic carbocycles. The molecule has 1 aromatic heterocycles. The van der Waals surface area contributed by atoms with Crippen molar-refractivity contribution in [2.75, 3.05) is 26.9 Å². The minimum atomic E-state index is 0.193. The highest BCUT2D eigenvalue weighted by Crippen LogP contribution is 2.25. The molecule has 1 aromatic rings. The van der Waals surface area contributed by atoms with Crippen molar-refractivity contribution in [3.05, 3.63) is 23.9 Å². The number of hydrogen-bond acceptors (Lipinski definition) is 5. The van der Waals surface area contributed by atoms with E-state index in [2.05, 4.69) is 29.4 Å². The second-order valence-corrected chi connectivity index (χ2v) is 5.90. The third kappa shape index (κ3) is 6.76. The first-order chi connectivity index (χ1) is 10.5. The van der Waals surface area contributed by atoms with Crippen molar-refractivity contribution in [1.82, 2.24) is 10.4 Å². The molecule has 6 heteroatoms. The van der Waals surface area contributed by atoms with Gasteiger partial charge in [0.25, 0.3) is 0 Å². The van der Waals surface area contributed by atoms with Crippen LogP contribution in [0.25, 0.3) is 0 Å². The van der Waals surface area contributed by atoms with Crippen LogP contribution in [0.2, 0.25) is 0 Å². The Balaban J connectivity index is 2.45. The molecule has 22 heavy (non-hydrogen) atoms. The lowest BCUT2D eigenvalue weighted by molar-refractivity contribution is 0.134. The van der Waals surface area contributed by atoms with E-state index in [0.29, 0.717) is 18.3 Å². The number of nitrogens with zero attached hydrogens (tertiary/aromatic N) is 2. The summed E-state index contributed by atoms with van der Waals surface area (Å²) in [5.74, 6) is 1.02. The van der Waals surface area contributed by atoms with Gasteiger partial charge in [0.2, 0.25) is 5.88 Å². The fraction of sp³-hybridized carbons (Fsp3) is 0.625. The molecular weight excluding hydrogens is 280 g/mol. The maximum Gasteiger partial charge on any atom is 0.213 e. The first-order valence-corrected chi connectivity index (χ1v) is 7.62. The lowest BCUT2D eigenvalue weighted by Crippen LogP contribution is -2.19. The first kappa shape index (κ1) is 18.2. The molecule has 0 atom stereocenters. The number of nitrogens with two attached hydrogens (primary N) is 1. The summed E-state index contributed by atoms with van der Waals surface area (Å²) in [6.45, 7) is 8.51. The number of pyridine rings is 1. The van der Waals surface area contributed by atoms with Gasteiger partial charge in [-0.1, -0.05) is 13.8 Å². The molecule has 124 valence electrons. The predicted molar refractivity (Wildman–Crippen MR) is 89.0 cm³/mol. The second kappa shape index (κ2) is 9.25. The molecule has 0 saturated heterocycles. The quantitative estimate of drug-likeness (QED) is 0.393. The number of nitrogens with one attached hydrogen (secondary N) is 1. The minimum Gasteiger partial charge on any atom is -0.478 e. The van der Waals surface area contributed by atoms with Gasteiger partial charge in [-0.2, -0.15) is 5.10 Å². The molecule has 0 amide bonds. The Morgan fingerprint density at radius 1 is 1.32 bits per heavy atom. The van der Waals surface area contributed by atoms with Gasteiger partial charge < -0.3 is 20.6 Å². The van der Waals surface area contributed by atoms with Crippen molar-refractivity contribution in [2.45, 2.75) is 33.6 Å². The summed E-state index contributed by atoms with van der Waals surface area (Å²) in [6.07, 6.45) is 3.63. The number of ether oxygens (including phenoxy) is 2. The van der Waals surface area contributed by atoms with Gasteiger partial charge in [0.15, 0.2) is 5.84 Å². The molecule has 0 aliphatic carbocycles. The molecule has 0 unspecified atom stereocenters. The number of hydrazone groups is 1. The third-order valence-corrected chi connectivity index (χ3v) is 3.40. The van der Waals surface area contributed by atoms with E-state index < -0.39 is 0 Å². The van der Waals surface area contributed by atoms with E-state index in [-0.39, 0.29) is 5.41 Å². The fourth-order valence-corrected chi connectivity index (χ4v) is 1.78. The highest BCUT2D eigenvalue weighted by Gasteiger charge is 2.17.